The second-order valence-electron chi connectivity index (χ2n) is 6.78. The largest absolute Gasteiger partial charge is 0.348 e. The van der Waals surface area contributed by atoms with Crippen LogP contribution in [0.4, 0.5) is 0 Å². The SMILES string of the molecule is CC(C)CC(CBr)NC(=O)c1ccc(C(C)(C)C)cc1. The number of carbonyl (C=O) groups is 1. The molecular formula is C17H26BrNO. The summed E-state index contributed by atoms with van der Waals surface area (Å²) < 4.78 is 0. The van der Waals surface area contributed by atoms with Crippen LogP contribution in [0.3, 0.4) is 0 Å². The van der Waals surface area contributed by atoms with E-state index in [0.29, 0.717) is 5.92 Å². The Kier molecular flexibility index (Phi) is 6.25. The Bertz CT molecular complexity index is 431. The fourth-order valence-electron chi connectivity index (χ4n) is 2.12. The van der Waals surface area contributed by atoms with Gasteiger partial charge in [0, 0.05) is 16.9 Å². The van der Waals surface area contributed by atoms with E-state index in [1.807, 2.05) is 24.3 Å². The predicted octanol–water partition coefficient (Wildman–Crippen LogP) is 4.52. The molecule has 1 aromatic carbocycles. The minimum atomic E-state index is 0.00978. The van der Waals surface area contributed by atoms with E-state index in [9.17, 15) is 4.79 Å². The summed E-state index contributed by atoms with van der Waals surface area (Å²) in [6, 6.07) is 8.10. The van der Waals surface area contributed by atoms with Crippen LogP contribution >= 0.6 is 15.9 Å². The van der Waals surface area contributed by atoms with Gasteiger partial charge in [-0.1, -0.05) is 62.7 Å². The van der Waals surface area contributed by atoms with Crippen LogP contribution in [0.2, 0.25) is 0 Å². The maximum Gasteiger partial charge on any atom is 0.251 e. The van der Waals surface area contributed by atoms with Crippen molar-refractivity contribution in [3.63, 3.8) is 0 Å². The Morgan fingerprint density at radius 3 is 2.15 bits per heavy atom. The Morgan fingerprint density at radius 1 is 1.20 bits per heavy atom. The van der Waals surface area contributed by atoms with Gasteiger partial charge in [-0.05, 0) is 35.4 Å². The minimum absolute atomic E-state index is 0.00978. The summed E-state index contributed by atoms with van der Waals surface area (Å²) >= 11 is 3.47. The molecule has 0 aliphatic rings. The van der Waals surface area contributed by atoms with E-state index < -0.39 is 0 Å². The van der Waals surface area contributed by atoms with Gasteiger partial charge >= 0.3 is 0 Å². The van der Waals surface area contributed by atoms with E-state index in [0.717, 1.165) is 17.3 Å². The molecule has 0 aliphatic heterocycles. The third-order valence-electron chi connectivity index (χ3n) is 3.29. The molecule has 0 aliphatic carbocycles. The zero-order valence-corrected chi connectivity index (χ0v) is 14.8. The molecule has 2 nitrogen and oxygen atoms in total. The molecule has 20 heavy (non-hydrogen) atoms. The number of alkyl halides is 1. The molecule has 0 heterocycles. The molecule has 0 bridgehead atoms. The van der Waals surface area contributed by atoms with Crippen LogP contribution in [0.1, 0.15) is 57.0 Å². The molecule has 0 aromatic heterocycles. The Labute approximate surface area is 131 Å². The first-order valence-corrected chi connectivity index (χ1v) is 8.33. The van der Waals surface area contributed by atoms with Gasteiger partial charge in [0.2, 0.25) is 0 Å². The van der Waals surface area contributed by atoms with Crippen LogP contribution < -0.4 is 5.32 Å². The van der Waals surface area contributed by atoms with Crippen molar-refractivity contribution >= 4 is 21.8 Å². The number of halogens is 1. The van der Waals surface area contributed by atoms with Gasteiger partial charge in [-0.25, -0.2) is 0 Å². The van der Waals surface area contributed by atoms with E-state index in [-0.39, 0.29) is 17.4 Å². The zero-order valence-electron chi connectivity index (χ0n) is 13.2. The molecule has 1 N–H and O–H groups in total. The molecular weight excluding hydrogens is 314 g/mol. The Morgan fingerprint density at radius 2 is 1.75 bits per heavy atom. The van der Waals surface area contributed by atoms with Gasteiger partial charge in [0.15, 0.2) is 0 Å². The lowest BCUT2D eigenvalue weighted by atomic mass is 9.86. The van der Waals surface area contributed by atoms with E-state index in [2.05, 4.69) is 55.9 Å². The quantitative estimate of drug-likeness (QED) is 0.785. The van der Waals surface area contributed by atoms with Crippen LogP contribution in [-0.2, 0) is 5.41 Å². The second kappa shape index (κ2) is 7.26. The molecule has 1 amide bonds. The average molecular weight is 340 g/mol. The van der Waals surface area contributed by atoms with Gasteiger partial charge in [0.25, 0.3) is 5.91 Å². The molecule has 0 radical (unpaired) electrons. The highest BCUT2D eigenvalue weighted by Crippen LogP contribution is 2.22. The summed E-state index contributed by atoms with van der Waals surface area (Å²) in [7, 11) is 0. The molecule has 1 atom stereocenters. The van der Waals surface area contributed by atoms with Gasteiger partial charge in [-0.3, -0.25) is 4.79 Å². The highest BCUT2D eigenvalue weighted by Gasteiger charge is 2.16. The fraction of sp³-hybridized carbons (Fsp3) is 0.588. The highest BCUT2D eigenvalue weighted by atomic mass is 79.9. The third-order valence-corrected chi connectivity index (χ3v) is 4.07. The topological polar surface area (TPSA) is 29.1 Å². The molecule has 3 heteroatoms. The van der Waals surface area contributed by atoms with E-state index in [4.69, 9.17) is 0 Å². The van der Waals surface area contributed by atoms with Crippen LogP contribution in [0.5, 0.6) is 0 Å². The molecule has 0 saturated heterocycles. The monoisotopic (exact) mass is 339 g/mol. The lowest BCUT2D eigenvalue weighted by Crippen LogP contribution is -2.37. The number of nitrogens with one attached hydrogen (secondary N) is 1. The van der Waals surface area contributed by atoms with Gasteiger partial charge in [0.1, 0.15) is 0 Å². The highest BCUT2D eigenvalue weighted by molar-refractivity contribution is 9.09. The van der Waals surface area contributed by atoms with Crippen molar-refractivity contribution < 1.29 is 4.79 Å². The number of hydrogen-bond acceptors (Lipinski definition) is 1. The molecule has 0 saturated carbocycles. The summed E-state index contributed by atoms with van der Waals surface area (Å²) in [4.78, 5) is 12.2. The van der Waals surface area contributed by atoms with E-state index in [1.54, 1.807) is 0 Å². The minimum Gasteiger partial charge on any atom is -0.348 e. The summed E-state index contributed by atoms with van der Waals surface area (Å²) in [6.07, 6.45) is 0.983. The normalized spacial score (nSPS) is 13.3. The fourth-order valence-corrected chi connectivity index (χ4v) is 2.55. The molecule has 1 aromatic rings. The van der Waals surface area contributed by atoms with Gasteiger partial charge in [-0.2, -0.15) is 0 Å². The van der Waals surface area contributed by atoms with Crippen LogP contribution in [0, 0.1) is 5.92 Å². The summed E-state index contributed by atoms with van der Waals surface area (Å²) in [6.45, 7) is 10.8. The maximum absolute atomic E-state index is 12.2. The molecule has 112 valence electrons. The maximum atomic E-state index is 12.2. The van der Waals surface area contributed by atoms with E-state index >= 15 is 0 Å². The number of hydrogen-bond donors (Lipinski definition) is 1. The summed E-state index contributed by atoms with van der Waals surface area (Å²) in [5, 5.41) is 3.88. The first-order valence-electron chi connectivity index (χ1n) is 7.21. The molecule has 1 unspecified atom stereocenters. The van der Waals surface area contributed by atoms with Crippen molar-refractivity contribution in [2.24, 2.45) is 5.92 Å². The van der Waals surface area contributed by atoms with Gasteiger partial charge in [0.05, 0.1) is 0 Å². The van der Waals surface area contributed by atoms with Crippen LogP contribution in [0.25, 0.3) is 0 Å². The molecule has 0 fully saturated rings. The van der Waals surface area contributed by atoms with Crippen molar-refractivity contribution in [3.8, 4) is 0 Å². The van der Waals surface area contributed by atoms with Crippen molar-refractivity contribution in [1.82, 2.24) is 5.32 Å². The smallest absolute Gasteiger partial charge is 0.251 e. The standard InChI is InChI=1S/C17H26BrNO/c1-12(2)10-15(11-18)19-16(20)13-6-8-14(9-7-13)17(3,4)5/h6-9,12,15H,10-11H2,1-5H3,(H,19,20). The summed E-state index contributed by atoms with van der Waals surface area (Å²) in [5.74, 6) is 0.580. The first-order chi connectivity index (χ1) is 9.24. The zero-order chi connectivity index (χ0) is 15.3. The Hall–Kier alpha value is -0.830. The lowest BCUT2D eigenvalue weighted by Gasteiger charge is -2.20. The van der Waals surface area contributed by atoms with Gasteiger partial charge < -0.3 is 5.32 Å². The third kappa shape index (κ3) is 5.28. The van der Waals surface area contributed by atoms with Crippen molar-refractivity contribution in [3.05, 3.63) is 35.4 Å². The van der Waals surface area contributed by atoms with Crippen LogP contribution in [-0.4, -0.2) is 17.3 Å². The van der Waals surface area contributed by atoms with Gasteiger partial charge in [-0.15, -0.1) is 0 Å². The number of carbonyl (C=O) groups excluding carboxylic acids is 1. The Balaban J connectivity index is 2.72. The number of benzene rings is 1. The summed E-state index contributed by atoms with van der Waals surface area (Å²) in [5.41, 5.74) is 2.09. The number of rotatable bonds is 5. The molecule has 1 rings (SSSR count). The van der Waals surface area contributed by atoms with Crippen LogP contribution in [0.15, 0.2) is 24.3 Å². The van der Waals surface area contributed by atoms with Crippen molar-refractivity contribution in [1.29, 1.82) is 0 Å². The lowest BCUT2D eigenvalue weighted by molar-refractivity contribution is 0.0937. The first kappa shape index (κ1) is 17.2. The number of amides is 1. The average Bonchev–Trinajstić information content (AvgIpc) is 2.36. The predicted molar refractivity (Wildman–Crippen MR) is 89.6 cm³/mol. The van der Waals surface area contributed by atoms with Crippen molar-refractivity contribution in [2.45, 2.75) is 52.5 Å². The second-order valence-corrected chi connectivity index (χ2v) is 7.43. The van der Waals surface area contributed by atoms with Crippen molar-refractivity contribution in [2.75, 3.05) is 5.33 Å². The molecule has 0 spiro atoms. The van der Waals surface area contributed by atoms with E-state index in [1.165, 1.54) is 5.56 Å².